The number of nitrogens with one attached hydrogen (secondary N) is 1. The highest BCUT2D eigenvalue weighted by Gasteiger charge is 2.42. The van der Waals surface area contributed by atoms with Gasteiger partial charge in [0.25, 0.3) is 0 Å². The van der Waals surface area contributed by atoms with Crippen LogP contribution in [0.25, 0.3) is 0 Å². The molecule has 94 valence electrons. The Morgan fingerprint density at radius 1 is 1.00 bits per heavy atom. The quantitative estimate of drug-likeness (QED) is 0.770. The third-order valence-electron chi connectivity index (χ3n) is 5.07. The zero-order valence-corrected chi connectivity index (χ0v) is 10.9. The molecule has 2 nitrogen and oxygen atoms in total. The van der Waals surface area contributed by atoms with E-state index in [0.717, 1.165) is 18.5 Å². The Morgan fingerprint density at radius 3 is 2.12 bits per heavy atom. The Bertz CT molecular complexity index is 209. The van der Waals surface area contributed by atoms with Crippen LogP contribution < -0.4 is 11.1 Å². The SMILES string of the molecule is CCCNC1(CN)CCC2(CCCC2)CC1. The molecule has 2 heteroatoms. The molecule has 2 aliphatic rings. The van der Waals surface area contributed by atoms with Crippen LogP contribution >= 0.6 is 0 Å². The summed E-state index contributed by atoms with van der Waals surface area (Å²) < 4.78 is 0. The van der Waals surface area contributed by atoms with E-state index in [1.54, 1.807) is 0 Å². The number of nitrogens with two attached hydrogens (primary N) is 1. The number of rotatable bonds is 4. The van der Waals surface area contributed by atoms with E-state index in [9.17, 15) is 0 Å². The van der Waals surface area contributed by atoms with Gasteiger partial charge in [-0.1, -0.05) is 19.8 Å². The van der Waals surface area contributed by atoms with E-state index < -0.39 is 0 Å². The minimum atomic E-state index is 0.282. The fourth-order valence-corrected chi connectivity index (χ4v) is 3.73. The summed E-state index contributed by atoms with van der Waals surface area (Å²) in [5, 5.41) is 3.72. The molecular formula is C14H28N2. The van der Waals surface area contributed by atoms with Gasteiger partial charge in [0.2, 0.25) is 0 Å². The maximum Gasteiger partial charge on any atom is 0.0304 e. The molecule has 0 saturated heterocycles. The topological polar surface area (TPSA) is 38.0 Å². The van der Waals surface area contributed by atoms with Crippen molar-refractivity contribution < 1.29 is 0 Å². The highest BCUT2D eigenvalue weighted by atomic mass is 15.0. The van der Waals surface area contributed by atoms with Crippen molar-refractivity contribution in [2.45, 2.75) is 70.3 Å². The van der Waals surface area contributed by atoms with Gasteiger partial charge >= 0.3 is 0 Å². The first-order valence-electron chi connectivity index (χ1n) is 7.19. The van der Waals surface area contributed by atoms with Crippen molar-refractivity contribution in [3.8, 4) is 0 Å². The van der Waals surface area contributed by atoms with Gasteiger partial charge in [-0.3, -0.25) is 0 Å². The Morgan fingerprint density at radius 2 is 1.62 bits per heavy atom. The summed E-state index contributed by atoms with van der Waals surface area (Å²) in [6.07, 6.45) is 12.6. The summed E-state index contributed by atoms with van der Waals surface area (Å²) in [4.78, 5) is 0. The first kappa shape index (κ1) is 12.4. The van der Waals surface area contributed by atoms with E-state index in [1.807, 2.05) is 0 Å². The van der Waals surface area contributed by atoms with E-state index >= 15 is 0 Å². The van der Waals surface area contributed by atoms with Crippen LogP contribution in [0.5, 0.6) is 0 Å². The maximum atomic E-state index is 6.00. The predicted molar refractivity (Wildman–Crippen MR) is 69.4 cm³/mol. The van der Waals surface area contributed by atoms with E-state index in [0.29, 0.717) is 0 Å². The van der Waals surface area contributed by atoms with Crippen LogP contribution in [0.15, 0.2) is 0 Å². The summed E-state index contributed by atoms with van der Waals surface area (Å²) in [6.45, 7) is 4.19. The summed E-state index contributed by atoms with van der Waals surface area (Å²) in [7, 11) is 0. The predicted octanol–water partition coefficient (Wildman–Crippen LogP) is 2.82. The van der Waals surface area contributed by atoms with Gasteiger partial charge in [-0.15, -0.1) is 0 Å². The molecule has 2 aliphatic carbocycles. The van der Waals surface area contributed by atoms with E-state index in [-0.39, 0.29) is 5.54 Å². The third kappa shape index (κ3) is 2.43. The molecular weight excluding hydrogens is 196 g/mol. The van der Waals surface area contributed by atoms with Crippen LogP contribution in [0, 0.1) is 5.41 Å². The highest BCUT2D eigenvalue weighted by molar-refractivity contribution is 4.99. The van der Waals surface area contributed by atoms with Crippen molar-refractivity contribution in [2.24, 2.45) is 11.1 Å². The zero-order valence-electron chi connectivity index (χ0n) is 10.9. The molecule has 0 aromatic carbocycles. The molecule has 2 saturated carbocycles. The summed E-state index contributed by atoms with van der Waals surface area (Å²) in [5.74, 6) is 0. The largest absolute Gasteiger partial charge is 0.329 e. The first-order valence-corrected chi connectivity index (χ1v) is 7.19. The Labute approximate surface area is 100 Å². The van der Waals surface area contributed by atoms with Gasteiger partial charge in [-0.05, 0) is 56.9 Å². The molecule has 0 aromatic heterocycles. The molecule has 16 heavy (non-hydrogen) atoms. The second-order valence-corrected chi connectivity index (χ2v) is 6.12. The standard InChI is InChI=1S/C14H28N2/c1-2-11-16-14(12-15)9-7-13(8-10-14)5-3-4-6-13/h16H,2-12,15H2,1H3. The van der Waals surface area contributed by atoms with Gasteiger partial charge in [-0.2, -0.15) is 0 Å². The fourth-order valence-electron chi connectivity index (χ4n) is 3.73. The van der Waals surface area contributed by atoms with Gasteiger partial charge in [0.1, 0.15) is 0 Å². The van der Waals surface area contributed by atoms with E-state index in [2.05, 4.69) is 12.2 Å². The lowest BCUT2D eigenvalue weighted by molar-refractivity contribution is 0.115. The molecule has 0 aliphatic heterocycles. The molecule has 0 heterocycles. The van der Waals surface area contributed by atoms with Crippen LogP contribution in [0.3, 0.4) is 0 Å². The highest BCUT2D eigenvalue weighted by Crippen LogP contribution is 2.50. The van der Waals surface area contributed by atoms with Crippen molar-refractivity contribution in [1.29, 1.82) is 0 Å². The number of hydrogen-bond acceptors (Lipinski definition) is 2. The van der Waals surface area contributed by atoms with Crippen molar-refractivity contribution in [3.05, 3.63) is 0 Å². The van der Waals surface area contributed by atoms with Gasteiger partial charge in [0.15, 0.2) is 0 Å². The summed E-state index contributed by atoms with van der Waals surface area (Å²) >= 11 is 0. The molecule has 0 bridgehead atoms. The van der Waals surface area contributed by atoms with Crippen molar-refractivity contribution >= 4 is 0 Å². The molecule has 2 rings (SSSR count). The average molecular weight is 224 g/mol. The zero-order chi connectivity index (χ0) is 11.5. The second kappa shape index (κ2) is 5.05. The molecule has 1 spiro atoms. The monoisotopic (exact) mass is 224 g/mol. The minimum Gasteiger partial charge on any atom is -0.329 e. The molecule has 3 N–H and O–H groups in total. The van der Waals surface area contributed by atoms with Crippen LogP contribution in [0.2, 0.25) is 0 Å². The summed E-state index contributed by atoms with van der Waals surface area (Å²) in [5.41, 5.74) is 7.01. The van der Waals surface area contributed by atoms with Crippen molar-refractivity contribution in [2.75, 3.05) is 13.1 Å². The Balaban J connectivity index is 1.90. The second-order valence-electron chi connectivity index (χ2n) is 6.12. The van der Waals surface area contributed by atoms with E-state index in [4.69, 9.17) is 5.73 Å². The fraction of sp³-hybridized carbons (Fsp3) is 1.00. The van der Waals surface area contributed by atoms with Gasteiger partial charge in [-0.25, -0.2) is 0 Å². The van der Waals surface area contributed by atoms with E-state index in [1.165, 1.54) is 57.8 Å². The lowest BCUT2D eigenvalue weighted by Gasteiger charge is -2.45. The van der Waals surface area contributed by atoms with Crippen molar-refractivity contribution in [1.82, 2.24) is 5.32 Å². The van der Waals surface area contributed by atoms with Crippen LogP contribution in [-0.4, -0.2) is 18.6 Å². The van der Waals surface area contributed by atoms with Gasteiger partial charge in [0.05, 0.1) is 0 Å². The molecule has 0 aromatic rings. The Kier molecular flexibility index (Phi) is 3.91. The Hall–Kier alpha value is -0.0800. The molecule has 0 unspecified atom stereocenters. The van der Waals surface area contributed by atoms with Crippen LogP contribution in [0.4, 0.5) is 0 Å². The first-order chi connectivity index (χ1) is 7.74. The molecule has 2 fully saturated rings. The summed E-state index contributed by atoms with van der Waals surface area (Å²) in [6, 6.07) is 0. The van der Waals surface area contributed by atoms with Gasteiger partial charge < -0.3 is 11.1 Å². The molecule has 0 radical (unpaired) electrons. The van der Waals surface area contributed by atoms with Gasteiger partial charge in [0, 0.05) is 12.1 Å². The lowest BCUT2D eigenvalue weighted by Crippen LogP contribution is -2.54. The third-order valence-corrected chi connectivity index (χ3v) is 5.07. The minimum absolute atomic E-state index is 0.282. The van der Waals surface area contributed by atoms with Crippen molar-refractivity contribution in [3.63, 3.8) is 0 Å². The molecule has 0 atom stereocenters. The average Bonchev–Trinajstić information content (AvgIpc) is 2.78. The smallest absolute Gasteiger partial charge is 0.0304 e. The van der Waals surface area contributed by atoms with Crippen LogP contribution in [-0.2, 0) is 0 Å². The maximum absolute atomic E-state index is 6.00. The van der Waals surface area contributed by atoms with Crippen LogP contribution in [0.1, 0.15) is 64.7 Å². The normalized spacial score (nSPS) is 27.4. The number of hydrogen-bond donors (Lipinski definition) is 2. The lowest BCUT2D eigenvalue weighted by atomic mass is 9.66. The molecule has 0 amide bonds.